The Kier molecular flexibility index (Phi) is 10.7. The van der Waals surface area contributed by atoms with Crippen LogP contribution in [0.4, 0.5) is 5.82 Å². The van der Waals surface area contributed by atoms with Gasteiger partial charge in [-0.3, -0.25) is 0 Å². The van der Waals surface area contributed by atoms with Gasteiger partial charge in [0.15, 0.2) is 5.96 Å². The fraction of sp³-hybridized carbons (Fsp3) is 0.455. The summed E-state index contributed by atoms with van der Waals surface area (Å²) in [7, 11) is 0. The lowest BCUT2D eigenvalue weighted by molar-refractivity contribution is 0.0529. The first-order valence-electron chi connectivity index (χ1n) is 10.3. The average Bonchev–Trinajstić information content (AvgIpc) is 2.76. The minimum atomic E-state index is 0. The molecule has 1 aromatic carbocycles. The number of aromatic nitrogens is 1. The molecule has 30 heavy (non-hydrogen) atoms. The van der Waals surface area contributed by atoms with Crippen molar-refractivity contribution in [1.82, 2.24) is 15.6 Å². The zero-order valence-electron chi connectivity index (χ0n) is 17.7. The average molecular weight is 525 g/mol. The maximum absolute atomic E-state index is 5.71. The molecule has 1 unspecified atom stereocenters. The maximum Gasteiger partial charge on any atom is 0.191 e. The summed E-state index contributed by atoms with van der Waals surface area (Å²) in [5, 5.41) is 6.56. The smallest absolute Gasteiger partial charge is 0.191 e. The molecule has 8 heteroatoms. The molecule has 0 spiro atoms. The van der Waals surface area contributed by atoms with E-state index >= 15 is 0 Å². The lowest BCUT2D eigenvalue weighted by Gasteiger charge is -2.32. The molecular formula is C22H32IN5O2. The first-order valence-corrected chi connectivity index (χ1v) is 10.3. The molecule has 2 heterocycles. The Balaban J connectivity index is 0.00000320. The van der Waals surface area contributed by atoms with Gasteiger partial charge in [-0.25, -0.2) is 9.98 Å². The number of hydrogen-bond acceptors (Lipinski definition) is 5. The predicted molar refractivity (Wildman–Crippen MR) is 132 cm³/mol. The zero-order valence-corrected chi connectivity index (χ0v) is 20.0. The summed E-state index contributed by atoms with van der Waals surface area (Å²) in [6.07, 6.45) is 2.15. The predicted octanol–water partition coefficient (Wildman–Crippen LogP) is 3.06. The second-order valence-corrected chi connectivity index (χ2v) is 6.94. The number of aliphatic imine (C=N–C) groups is 1. The van der Waals surface area contributed by atoms with Crippen LogP contribution in [0, 0.1) is 0 Å². The van der Waals surface area contributed by atoms with Crippen LogP contribution >= 0.6 is 24.0 Å². The molecule has 1 atom stereocenters. The van der Waals surface area contributed by atoms with Gasteiger partial charge in [-0.05, 0) is 37.6 Å². The molecule has 0 saturated carbocycles. The van der Waals surface area contributed by atoms with Crippen LogP contribution in [0.5, 0.6) is 5.75 Å². The lowest BCUT2D eigenvalue weighted by atomic mass is 10.2. The highest BCUT2D eigenvalue weighted by Crippen LogP contribution is 2.15. The van der Waals surface area contributed by atoms with Crippen LogP contribution in [0.2, 0.25) is 0 Å². The highest BCUT2D eigenvalue weighted by atomic mass is 127. The number of pyridine rings is 1. The van der Waals surface area contributed by atoms with Crippen LogP contribution in [-0.4, -0.2) is 56.4 Å². The number of morpholine rings is 1. The van der Waals surface area contributed by atoms with E-state index < -0.39 is 0 Å². The highest BCUT2D eigenvalue weighted by Gasteiger charge is 2.17. The Bertz CT molecular complexity index is 758. The molecule has 1 aliphatic rings. The Labute approximate surface area is 196 Å². The van der Waals surface area contributed by atoms with Crippen LogP contribution in [0.3, 0.4) is 0 Å². The first-order chi connectivity index (χ1) is 14.2. The number of guanidine groups is 1. The number of anilines is 1. The maximum atomic E-state index is 5.71. The van der Waals surface area contributed by atoms with Gasteiger partial charge in [0.25, 0.3) is 0 Å². The lowest BCUT2D eigenvalue weighted by Crippen LogP contribution is -2.41. The molecule has 1 aliphatic heterocycles. The number of nitrogens with one attached hydrogen (secondary N) is 2. The minimum absolute atomic E-state index is 0. The van der Waals surface area contributed by atoms with Gasteiger partial charge in [-0.2, -0.15) is 0 Å². The standard InChI is InChI=1S/C22H31N5O2.HI/c1-3-23-22(24-11-13-29-20-7-5-4-6-8-20)26-16-19-9-10-21(25-15-19)27-12-14-28-18(2)17-27;/h4-10,15,18H,3,11-14,16-17H2,1-2H3,(H2,23,24,26);1H. The summed E-state index contributed by atoms with van der Waals surface area (Å²) in [6.45, 7) is 9.28. The van der Waals surface area contributed by atoms with E-state index in [2.05, 4.69) is 51.5 Å². The van der Waals surface area contributed by atoms with Gasteiger partial charge in [-0.1, -0.05) is 24.3 Å². The third-order valence-electron chi connectivity index (χ3n) is 4.54. The number of para-hydroxylation sites is 1. The molecule has 2 N–H and O–H groups in total. The molecule has 0 radical (unpaired) electrons. The Morgan fingerprint density at radius 1 is 1.23 bits per heavy atom. The van der Waals surface area contributed by atoms with Crippen LogP contribution in [0.1, 0.15) is 19.4 Å². The third kappa shape index (κ3) is 7.98. The summed E-state index contributed by atoms with van der Waals surface area (Å²) in [6, 6.07) is 14.0. The van der Waals surface area contributed by atoms with Crippen molar-refractivity contribution in [3.05, 3.63) is 54.2 Å². The third-order valence-corrected chi connectivity index (χ3v) is 4.54. The van der Waals surface area contributed by atoms with Crippen molar-refractivity contribution in [2.45, 2.75) is 26.5 Å². The first kappa shape index (κ1) is 24.2. The largest absolute Gasteiger partial charge is 0.492 e. The molecule has 3 rings (SSSR count). The molecule has 1 fully saturated rings. The molecule has 7 nitrogen and oxygen atoms in total. The molecule has 1 saturated heterocycles. The van der Waals surface area contributed by atoms with Crippen LogP contribution < -0.4 is 20.3 Å². The fourth-order valence-corrected chi connectivity index (χ4v) is 3.09. The molecule has 2 aromatic rings. The topological polar surface area (TPSA) is 71.0 Å². The van der Waals surface area contributed by atoms with E-state index in [4.69, 9.17) is 9.47 Å². The van der Waals surface area contributed by atoms with Gasteiger partial charge < -0.3 is 25.0 Å². The van der Waals surface area contributed by atoms with Gasteiger partial charge in [-0.15, -0.1) is 24.0 Å². The summed E-state index contributed by atoms with van der Waals surface area (Å²) in [5.74, 6) is 2.64. The van der Waals surface area contributed by atoms with Crippen molar-refractivity contribution in [2.75, 3.05) is 44.3 Å². The van der Waals surface area contributed by atoms with Gasteiger partial charge in [0.1, 0.15) is 18.2 Å². The van der Waals surface area contributed by atoms with Crippen molar-refractivity contribution in [3.8, 4) is 5.75 Å². The van der Waals surface area contributed by atoms with Gasteiger partial charge in [0.2, 0.25) is 0 Å². The van der Waals surface area contributed by atoms with Crippen molar-refractivity contribution in [3.63, 3.8) is 0 Å². The second kappa shape index (κ2) is 13.3. The van der Waals surface area contributed by atoms with Crippen molar-refractivity contribution < 1.29 is 9.47 Å². The SMILES string of the molecule is CCNC(=NCc1ccc(N2CCOC(C)C2)nc1)NCCOc1ccccc1.I. The van der Waals surface area contributed by atoms with E-state index in [0.29, 0.717) is 19.7 Å². The number of hydrogen-bond donors (Lipinski definition) is 2. The van der Waals surface area contributed by atoms with Crippen molar-refractivity contribution in [1.29, 1.82) is 0 Å². The molecule has 0 aliphatic carbocycles. The molecule has 1 aromatic heterocycles. The number of nitrogens with zero attached hydrogens (tertiary/aromatic N) is 3. The van der Waals surface area contributed by atoms with E-state index in [-0.39, 0.29) is 30.1 Å². The van der Waals surface area contributed by atoms with E-state index in [1.54, 1.807) is 0 Å². The quantitative estimate of drug-likeness (QED) is 0.239. The van der Waals surface area contributed by atoms with Gasteiger partial charge in [0.05, 0.1) is 25.8 Å². The summed E-state index contributed by atoms with van der Waals surface area (Å²) in [5.41, 5.74) is 1.08. The molecule has 164 valence electrons. The van der Waals surface area contributed by atoms with Crippen LogP contribution in [0.25, 0.3) is 0 Å². The van der Waals surface area contributed by atoms with E-state index in [1.165, 1.54) is 0 Å². The molecule has 0 amide bonds. The number of benzene rings is 1. The fourth-order valence-electron chi connectivity index (χ4n) is 3.09. The Morgan fingerprint density at radius 3 is 2.77 bits per heavy atom. The normalized spacial score (nSPS) is 16.5. The van der Waals surface area contributed by atoms with Crippen LogP contribution in [-0.2, 0) is 11.3 Å². The van der Waals surface area contributed by atoms with Gasteiger partial charge in [0, 0.05) is 25.8 Å². The van der Waals surface area contributed by atoms with Crippen molar-refractivity contribution >= 4 is 35.8 Å². The minimum Gasteiger partial charge on any atom is -0.492 e. The van der Waals surface area contributed by atoms with E-state index in [9.17, 15) is 0 Å². The van der Waals surface area contributed by atoms with Gasteiger partial charge >= 0.3 is 0 Å². The monoisotopic (exact) mass is 525 g/mol. The van der Waals surface area contributed by atoms with E-state index in [0.717, 1.165) is 49.3 Å². The number of rotatable bonds is 8. The molecular weight excluding hydrogens is 493 g/mol. The molecule has 0 bridgehead atoms. The summed E-state index contributed by atoms with van der Waals surface area (Å²) >= 11 is 0. The number of halogens is 1. The number of ether oxygens (including phenoxy) is 2. The Morgan fingerprint density at radius 2 is 2.07 bits per heavy atom. The summed E-state index contributed by atoms with van der Waals surface area (Å²) < 4.78 is 11.3. The van der Waals surface area contributed by atoms with Crippen LogP contribution in [0.15, 0.2) is 53.7 Å². The Hall–Kier alpha value is -2.07. The summed E-state index contributed by atoms with van der Waals surface area (Å²) in [4.78, 5) is 11.5. The second-order valence-electron chi connectivity index (χ2n) is 6.94. The zero-order chi connectivity index (χ0) is 20.3. The van der Waals surface area contributed by atoms with E-state index in [1.807, 2.05) is 36.5 Å². The van der Waals surface area contributed by atoms with Crippen molar-refractivity contribution in [2.24, 2.45) is 4.99 Å². The highest BCUT2D eigenvalue weighted by molar-refractivity contribution is 14.0.